The van der Waals surface area contributed by atoms with Gasteiger partial charge in [-0.2, -0.15) is 0 Å². The van der Waals surface area contributed by atoms with E-state index in [0.717, 1.165) is 19.5 Å². The van der Waals surface area contributed by atoms with Crippen molar-refractivity contribution in [2.24, 2.45) is 0 Å². The van der Waals surface area contributed by atoms with Crippen LogP contribution in [0.25, 0.3) is 0 Å². The molecule has 0 bridgehead atoms. The number of carbonyl (C=O) groups excluding carboxylic acids is 1. The van der Waals surface area contributed by atoms with Crippen LogP contribution in [0.1, 0.15) is 32.6 Å². The molecule has 1 fully saturated rings. The molecule has 2 nitrogen and oxygen atoms in total. The van der Waals surface area contributed by atoms with E-state index in [0.29, 0.717) is 6.42 Å². The second-order valence-electron chi connectivity index (χ2n) is 3.17. The third-order valence-electron chi connectivity index (χ3n) is 2.15. The number of likely N-dealkylation sites (tertiary alicyclic amines) is 1. The van der Waals surface area contributed by atoms with Crippen molar-refractivity contribution in [1.82, 2.24) is 4.90 Å². The SMILES string of the molecule is CC/C=C/CC(=O)N1CCCC1. The summed E-state index contributed by atoms with van der Waals surface area (Å²) < 4.78 is 0. The van der Waals surface area contributed by atoms with Crippen LogP contribution in [0.2, 0.25) is 0 Å². The highest BCUT2D eigenvalue weighted by Crippen LogP contribution is 2.08. The first-order valence-electron chi connectivity index (χ1n) is 4.77. The maximum atomic E-state index is 11.4. The largest absolute Gasteiger partial charge is 0.342 e. The van der Waals surface area contributed by atoms with Gasteiger partial charge < -0.3 is 4.90 Å². The van der Waals surface area contributed by atoms with E-state index in [1.165, 1.54) is 12.8 Å². The molecule has 0 aromatic heterocycles. The van der Waals surface area contributed by atoms with Gasteiger partial charge in [0.05, 0.1) is 0 Å². The van der Waals surface area contributed by atoms with Gasteiger partial charge in [-0.25, -0.2) is 0 Å². The van der Waals surface area contributed by atoms with Crippen LogP contribution in [0.4, 0.5) is 0 Å². The van der Waals surface area contributed by atoms with E-state index in [2.05, 4.69) is 6.92 Å². The Morgan fingerprint density at radius 3 is 2.58 bits per heavy atom. The van der Waals surface area contributed by atoms with Crippen LogP contribution in [0.5, 0.6) is 0 Å². The molecule has 0 spiro atoms. The van der Waals surface area contributed by atoms with Gasteiger partial charge in [-0.05, 0) is 19.3 Å². The summed E-state index contributed by atoms with van der Waals surface area (Å²) in [5, 5.41) is 0. The highest BCUT2D eigenvalue weighted by molar-refractivity contribution is 5.77. The van der Waals surface area contributed by atoms with Crippen LogP contribution in [0, 0.1) is 0 Å². The van der Waals surface area contributed by atoms with Crippen LogP contribution in [-0.4, -0.2) is 23.9 Å². The Balaban J connectivity index is 2.22. The molecule has 0 aromatic carbocycles. The first-order valence-corrected chi connectivity index (χ1v) is 4.77. The molecule has 1 heterocycles. The second kappa shape index (κ2) is 4.96. The number of hydrogen-bond acceptors (Lipinski definition) is 1. The number of allylic oxidation sites excluding steroid dienone is 1. The Morgan fingerprint density at radius 2 is 2.00 bits per heavy atom. The van der Waals surface area contributed by atoms with Crippen molar-refractivity contribution in [2.75, 3.05) is 13.1 Å². The van der Waals surface area contributed by atoms with E-state index in [9.17, 15) is 4.79 Å². The van der Waals surface area contributed by atoms with Crippen LogP contribution in [-0.2, 0) is 4.79 Å². The molecule has 1 aliphatic heterocycles. The lowest BCUT2D eigenvalue weighted by atomic mass is 10.3. The molecule has 0 atom stereocenters. The Kier molecular flexibility index (Phi) is 3.85. The molecule has 0 saturated carbocycles. The molecule has 0 unspecified atom stereocenters. The molecule has 12 heavy (non-hydrogen) atoms. The maximum Gasteiger partial charge on any atom is 0.226 e. The Hall–Kier alpha value is -0.790. The highest BCUT2D eigenvalue weighted by atomic mass is 16.2. The van der Waals surface area contributed by atoms with Crippen LogP contribution >= 0.6 is 0 Å². The van der Waals surface area contributed by atoms with Crippen molar-refractivity contribution in [3.05, 3.63) is 12.2 Å². The van der Waals surface area contributed by atoms with Gasteiger partial charge in [0.25, 0.3) is 0 Å². The number of rotatable bonds is 3. The van der Waals surface area contributed by atoms with Gasteiger partial charge in [0, 0.05) is 19.5 Å². The predicted octanol–water partition coefficient (Wildman–Crippen LogP) is 1.97. The molecular weight excluding hydrogens is 150 g/mol. The van der Waals surface area contributed by atoms with Crippen LogP contribution in [0.15, 0.2) is 12.2 Å². The smallest absolute Gasteiger partial charge is 0.226 e. The zero-order valence-corrected chi connectivity index (χ0v) is 7.75. The average molecular weight is 167 g/mol. The lowest BCUT2D eigenvalue weighted by Crippen LogP contribution is -2.26. The van der Waals surface area contributed by atoms with Gasteiger partial charge in [-0.1, -0.05) is 19.1 Å². The van der Waals surface area contributed by atoms with Crippen molar-refractivity contribution in [3.63, 3.8) is 0 Å². The number of carbonyl (C=O) groups is 1. The molecule has 0 N–H and O–H groups in total. The van der Waals surface area contributed by atoms with Crippen molar-refractivity contribution >= 4 is 5.91 Å². The summed E-state index contributed by atoms with van der Waals surface area (Å²) in [7, 11) is 0. The minimum Gasteiger partial charge on any atom is -0.342 e. The Labute approximate surface area is 74.2 Å². The lowest BCUT2D eigenvalue weighted by Gasteiger charge is -2.13. The molecule has 1 rings (SSSR count). The van der Waals surface area contributed by atoms with E-state index >= 15 is 0 Å². The minimum atomic E-state index is 0.289. The molecule has 0 aromatic rings. The molecular formula is C10H17NO. The fourth-order valence-electron chi connectivity index (χ4n) is 1.45. The normalized spacial score (nSPS) is 17.6. The topological polar surface area (TPSA) is 20.3 Å². The van der Waals surface area contributed by atoms with E-state index in [-0.39, 0.29) is 5.91 Å². The summed E-state index contributed by atoms with van der Waals surface area (Å²) in [6, 6.07) is 0. The van der Waals surface area contributed by atoms with Crippen LogP contribution < -0.4 is 0 Å². The number of amides is 1. The molecule has 0 radical (unpaired) electrons. The van der Waals surface area contributed by atoms with Gasteiger partial charge in [0.15, 0.2) is 0 Å². The second-order valence-corrected chi connectivity index (χ2v) is 3.17. The van der Waals surface area contributed by atoms with Gasteiger partial charge in [0.2, 0.25) is 5.91 Å². The van der Waals surface area contributed by atoms with Crippen molar-refractivity contribution in [2.45, 2.75) is 32.6 Å². The van der Waals surface area contributed by atoms with Gasteiger partial charge in [-0.3, -0.25) is 4.79 Å². The molecule has 1 aliphatic rings. The maximum absolute atomic E-state index is 11.4. The highest BCUT2D eigenvalue weighted by Gasteiger charge is 2.15. The molecule has 68 valence electrons. The first-order chi connectivity index (χ1) is 5.84. The van der Waals surface area contributed by atoms with Gasteiger partial charge >= 0.3 is 0 Å². The number of nitrogens with zero attached hydrogens (tertiary/aromatic N) is 1. The summed E-state index contributed by atoms with van der Waals surface area (Å²) in [6.45, 7) is 4.02. The van der Waals surface area contributed by atoms with Gasteiger partial charge in [0.1, 0.15) is 0 Å². The Morgan fingerprint density at radius 1 is 1.33 bits per heavy atom. The molecule has 1 saturated heterocycles. The first kappa shape index (κ1) is 9.30. The third kappa shape index (κ3) is 2.68. The zero-order valence-electron chi connectivity index (χ0n) is 7.75. The van der Waals surface area contributed by atoms with Crippen molar-refractivity contribution in [1.29, 1.82) is 0 Å². The molecule has 2 heteroatoms. The summed E-state index contributed by atoms with van der Waals surface area (Å²) in [5.41, 5.74) is 0. The summed E-state index contributed by atoms with van der Waals surface area (Å²) in [4.78, 5) is 13.4. The van der Waals surface area contributed by atoms with E-state index in [4.69, 9.17) is 0 Å². The van der Waals surface area contributed by atoms with Gasteiger partial charge in [-0.15, -0.1) is 0 Å². The monoisotopic (exact) mass is 167 g/mol. The van der Waals surface area contributed by atoms with E-state index < -0.39 is 0 Å². The van der Waals surface area contributed by atoms with Crippen molar-refractivity contribution in [3.8, 4) is 0 Å². The summed E-state index contributed by atoms with van der Waals surface area (Å²) >= 11 is 0. The predicted molar refractivity (Wildman–Crippen MR) is 49.9 cm³/mol. The molecule has 0 aliphatic carbocycles. The summed E-state index contributed by atoms with van der Waals surface area (Å²) in [6.07, 6.45) is 8.00. The van der Waals surface area contributed by atoms with E-state index in [1.54, 1.807) is 0 Å². The minimum absolute atomic E-state index is 0.289. The molecule has 1 amide bonds. The lowest BCUT2D eigenvalue weighted by molar-refractivity contribution is -0.129. The average Bonchev–Trinajstić information content (AvgIpc) is 2.56. The fourth-order valence-corrected chi connectivity index (χ4v) is 1.45. The number of hydrogen-bond donors (Lipinski definition) is 0. The quantitative estimate of drug-likeness (QED) is 0.588. The summed E-state index contributed by atoms with van der Waals surface area (Å²) in [5.74, 6) is 0.289. The zero-order chi connectivity index (χ0) is 8.81. The third-order valence-corrected chi connectivity index (χ3v) is 2.15. The van der Waals surface area contributed by atoms with Crippen LogP contribution in [0.3, 0.4) is 0 Å². The standard InChI is InChI=1S/C10H17NO/c1-2-3-4-7-10(12)11-8-5-6-9-11/h3-4H,2,5-9H2,1H3/b4-3+. The van der Waals surface area contributed by atoms with E-state index in [1.807, 2.05) is 17.1 Å². The fraction of sp³-hybridized carbons (Fsp3) is 0.700. The Bertz CT molecular complexity index is 169. The van der Waals surface area contributed by atoms with Crippen molar-refractivity contribution < 1.29 is 4.79 Å².